The van der Waals surface area contributed by atoms with E-state index in [1.807, 2.05) is 6.92 Å². The Kier molecular flexibility index (Phi) is 3.75. The lowest BCUT2D eigenvalue weighted by atomic mass is 10.1. The Morgan fingerprint density at radius 3 is 2.72 bits per heavy atom. The van der Waals surface area contributed by atoms with E-state index in [9.17, 15) is 15.0 Å². The standard InChI is InChI=1S/C14H19NO3/c1-2-8-15(9-10-6-7-10)14(18)11-4-3-5-12(16)13(11)17/h3-5,10,16-17H,2,6-9H2,1H3. The van der Waals surface area contributed by atoms with Gasteiger partial charge in [0.25, 0.3) is 5.91 Å². The SMILES string of the molecule is CCCN(CC1CC1)C(=O)c1cccc(O)c1O. The number of benzene rings is 1. The van der Waals surface area contributed by atoms with E-state index in [-0.39, 0.29) is 23.0 Å². The van der Waals surface area contributed by atoms with Gasteiger partial charge < -0.3 is 15.1 Å². The molecule has 0 atom stereocenters. The maximum absolute atomic E-state index is 12.3. The molecule has 1 aromatic carbocycles. The molecule has 0 saturated heterocycles. The second-order valence-corrected chi connectivity index (χ2v) is 4.87. The summed E-state index contributed by atoms with van der Waals surface area (Å²) < 4.78 is 0. The van der Waals surface area contributed by atoms with E-state index >= 15 is 0 Å². The molecule has 0 heterocycles. The minimum Gasteiger partial charge on any atom is -0.504 e. The highest BCUT2D eigenvalue weighted by atomic mass is 16.3. The van der Waals surface area contributed by atoms with Crippen molar-refractivity contribution in [3.8, 4) is 11.5 Å². The molecule has 4 nitrogen and oxygen atoms in total. The molecule has 1 aromatic rings. The summed E-state index contributed by atoms with van der Waals surface area (Å²) in [7, 11) is 0. The van der Waals surface area contributed by atoms with E-state index in [0.29, 0.717) is 12.5 Å². The molecular weight excluding hydrogens is 230 g/mol. The van der Waals surface area contributed by atoms with Crippen LogP contribution in [0.25, 0.3) is 0 Å². The summed E-state index contributed by atoms with van der Waals surface area (Å²) in [6.45, 7) is 3.46. The molecule has 0 unspecified atom stereocenters. The molecular formula is C14H19NO3. The highest BCUT2D eigenvalue weighted by Crippen LogP contribution is 2.32. The summed E-state index contributed by atoms with van der Waals surface area (Å²) in [5.74, 6) is -0.153. The number of carbonyl (C=O) groups is 1. The van der Waals surface area contributed by atoms with Crippen molar-refractivity contribution in [2.24, 2.45) is 5.92 Å². The van der Waals surface area contributed by atoms with E-state index in [1.165, 1.54) is 18.9 Å². The molecule has 0 aromatic heterocycles. The number of aromatic hydroxyl groups is 2. The quantitative estimate of drug-likeness (QED) is 0.787. The summed E-state index contributed by atoms with van der Waals surface area (Å²) in [5.41, 5.74) is 0.184. The van der Waals surface area contributed by atoms with Crippen LogP contribution in [0.3, 0.4) is 0 Å². The number of hydrogen-bond donors (Lipinski definition) is 2. The summed E-state index contributed by atoms with van der Waals surface area (Å²) >= 11 is 0. The summed E-state index contributed by atoms with van der Waals surface area (Å²) in [6.07, 6.45) is 3.25. The Bertz CT molecular complexity index is 441. The molecule has 0 bridgehead atoms. The Morgan fingerprint density at radius 1 is 1.39 bits per heavy atom. The first-order chi connectivity index (χ1) is 8.63. The monoisotopic (exact) mass is 249 g/mol. The van der Waals surface area contributed by atoms with Crippen molar-refractivity contribution < 1.29 is 15.0 Å². The Balaban J connectivity index is 2.17. The van der Waals surface area contributed by atoms with Crippen LogP contribution >= 0.6 is 0 Å². The topological polar surface area (TPSA) is 60.8 Å². The van der Waals surface area contributed by atoms with Gasteiger partial charge in [0.1, 0.15) is 0 Å². The molecule has 1 saturated carbocycles. The normalized spacial score (nSPS) is 14.5. The number of phenolic OH excluding ortho intramolecular Hbond substituents is 2. The number of phenols is 2. The fraction of sp³-hybridized carbons (Fsp3) is 0.500. The molecule has 4 heteroatoms. The third-order valence-electron chi connectivity index (χ3n) is 3.20. The summed E-state index contributed by atoms with van der Waals surface area (Å²) in [6, 6.07) is 4.49. The molecule has 2 N–H and O–H groups in total. The van der Waals surface area contributed by atoms with Gasteiger partial charge in [0.2, 0.25) is 0 Å². The number of carbonyl (C=O) groups excluding carboxylic acids is 1. The van der Waals surface area contributed by atoms with Crippen LogP contribution in [0.5, 0.6) is 11.5 Å². The Morgan fingerprint density at radius 2 is 2.11 bits per heavy atom. The predicted octanol–water partition coefficient (Wildman–Crippen LogP) is 2.36. The van der Waals surface area contributed by atoms with Crippen LogP contribution in [-0.2, 0) is 0 Å². The number of para-hydroxylation sites is 1. The average Bonchev–Trinajstić information content (AvgIpc) is 3.15. The lowest BCUT2D eigenvalue weighted by Crippen LogP contribution is -2.33. The summed E-state index contributed by atoms with van der Waals surface area (Å²) in [4.78, 5) is 14.1. The highest BCUT2D eigenvalue weighted by Gasteiger charge is 2.28. The smallest absolute Gasteiger partial charge is 0.257 e. The Labute approximate surface area is 107 Å². The maximum atomic E-state index is 12.3. The van der Waals surface area contributed by atoms with Crippen molar-refractivity contribution in [1.82, 2.24) is 4.90 Å². The zero-order valence-electron chi connectivity index (χ0n) is 10.6. The lowest BCUT2D eigenvalue weighted by Gasteiger charge is -2.22. The second-order valence-electron chi connectivity index (χ2n) is 4.87. The van der Waals surface area contributed by atoms with Gasteiger partial charge in [0.05, 0.1) is 5.56 Å². The van der Waals surface area contributed by atoms with Gasteiger partial charge in [0.15, 0.2) is 11.5 Å². The fourth-order valence-corrected chi connectivity index (χ4v) is 2.03. The van der Waals surface area contributed by atoms with E-state index < -0.39 is 0 Å². The van der Waals surface area contributed by atoms with E-state index in [1.54, 1.807) is 17.0 Å². The van der Waals surface area contributed by atoms with Crippen molar-refractivity contribution in [1.29, 1.82) is 0 Å². The highest BCUT2D eigenvalue weighted by molar-refractivity contribution is 5.97. The first-order valence-corrected chi connectivity index (χ1v) is 6.43. The van der Waals surface area contributed by atoms with Gasteiger partial charge in [-0.15, -0.1) is 0 Å². The van der Waals surface area contributed by atoms with Gasteiger partial charge in [0, 0.05) is 13.1 Å². The zero-order valence-corrected chi connectivity index (χ0v) is 10.6. The number of amides is 1. The Hall–Kier alpha value is -1.71. The van der Waals surface area contributed by atoms with Gasteiger partial charge >= 0.3 is 0 Å². The van der Waals surface area contributed by atoms with Crippen LogP contribution in [0, 0.1) is 5.92 Å². The van der Waals surface area contributed by atoms with Gasteiger partial charge in [-0.05, 0) is 37.3 Å². The van der Waals surface area contributed by atoms with Gasteiger partial charge in [-0.25, -0.2) is 0 Å². The van der Waals surface area contributed by atoms with E-state index in [2.05, 4.69) is 0 Å². The molecule has 1 amide bonds. The molecule has 1 fully saturated rings. The van der Waals surface area contributed by atoms with Gasteiger partial charge in [-0.3, -0.25) is 4.79 Å². The fourth-order valence-electron chi connectivity index (χ4n) is 2.03. The van der Waals surface area contributed by atoms with Crippen molar-refractivity contribution >= 4 is 5.91 Å². The molecule has 2 rings (SSSR count). The van der Waals surface area contributed by atoms with E-state index in [0.717, 1.165) is 13.0 Å². The van der Waals surface area contributed by atoms with Gasteiger partial charge in [-0.1, -0.05) is 13.0 Å². The third-order valence-corrected chi connectivity index (χ3v) is 3.20. The number of rotatable bonds is 5. The van der Waals surface area contributed by atoms with Crippen molar-refractivity contribution in [3.05, 3.63) is 23.8 Å². The lowest BCUT2D eigenvalue weighted by molar-refractivity contribution is 0.0744. The maximum Gasteiger partial charge on any atom is 0.257 e. The molecule has 0 aliphatic heterocycles. The van der Waals surface area contributed by atoms with Crippen LogP contribution in [0.15, 0.2) is 18.2 Å². The molecule has 0 spiro atoms. The average molecular weight is 249 g/mol. The minimum absolute atomic E-state index is 0.184. The van der Waals surface area contributed by atoms with E-state index in [4.69, 9.17) is 0 Å². The summed E-state index contributed by atoms with van der Waals surface area (Å²) in [5, 5.41) is 19.2. The molecule has 98 valence electrons. The van der Waals surface area contributed by atoms with Crippen LogP contribution in [0.2, 0.25) is 0 Å². The molecule has 0 radical (unpaired) electrons. The predicted molar refractivity (Wildman–Crippen MR) is 68.7 cm³/mol. The largest absolute Gasteiger partial charge is 0.504 e. The number of nitrogens with zero attached hydrogens (tertiary/aromatic N) is 1. The molecule has 1 aliphatic carbocycles. The minimum atomic E-state index is -0.320. The van der Waals surface area contributed by atoms with Crippen LogP contribution in [0.1, 0.15) is 36.5 Å². The first-order valence-electron chi connectivity index (χ1n) is 6.43. The van der Waals surface area contributed by atoms with Crippen LogP contribution in [-0.4, -0.2) is 34.1 Å². The molecule has 1 aliphatic rings. The first kappa shape index (κ1) is 12.7. The third kappa shape index (κ3) is 2.75. The zero-order chi connectivity index (χ0) is 13.1. The van der Waals surface area contributed by atoms with Crippen molar-refractivity contribution in [2.45, 2.75) is 26.2 Å². The van der Waals surface area contributed by atoms with Gasteiger partial charge in [-0.2, -0.15) is 0 Å². The van der Waals surface area contributed by atoms with Crippen molar-refractivity contribution in [2.75, 3.05) is 13.1 Å². The van der Waals surface area contributed by atoms with Crippen molar-refractivity contribution in [3.63, 3.8) is 0 Å². The number of hydrogen-bond acceptors (Lipinski definition) is 3. The van der Waals surface area contributed by atoms with Crippen LogP contribution in [0.4, 0.5) is 0 Å². The second kappa shape index (κ2) is 5.29. The van der Waals surface area contributed by atoms with Crippen LogP contribution < -0.4 is 0 Å². The molecule has 18 heavy (non-hydrogen) atoms.